The van der Waals surface area contributed by atoms with Crippen LogP contribution in [0.15, 0.2) is 23.1 Å². The van der Waals surface area contributed by atoms with Crippen LogP contribution in [0.2, 0.25) is 5.02 Å². The first-order valence-electron chi connectivity index (χ1n) is 7.12. The lowest BCUT2D eigenvalue weighted by Gasteiger charge is -2.26. The highest BCUT2D eigenvalue weighted by Gasteiger charge is 2.28. The Kier molecular flexibility index (Phi) is 6.37. The number of nitrogens with one attached hydrogen (secondary N) is 1. The van der Waals surface area contributed by atoms with Crippen molar-refractivity contribution in [3.63, 3.8) is 0 Å². The van der Waals surface area contributed by atoms with E-state index in [0.29, 0.717) is 24.7 Å². The molecule has 0 bridgehead atoms. The fraction of sp³-hybridized carbons (Fsp3) is 0.571. The molecule has 0 unspecified atom stereocenters. The fourth-order valence-corrected chi connectivity index (χ4v) is 5.29. The maximum Gasteiger partial charge on any atom is 0.244 e. The summed E-state index contributed by atoms with van der Waals surface area (Å²) in [4.78, 5) is 0.229. The molecule has 1 aromatic carbocycles. The second kappa shape index (κ2) is 7.83. The maximum absolute atomic E-state index is 12.7. The molecule has 7 heteroatoms. The zero-order valence-electron chi connectivity index (χ0n) is 12.1. The summed E-state index contributed by atoms with van der Waals surface area (Å²) in [6.45, 7) is 4.78. The summed E-state index contributed by atoms with van der Waals surface area (Å²) in [5.41, 5.74) is 0.942. The van der Waals surface area contributed by atoms with Crippen LogP contribution in [0, 0.1) is 0 Å². The van der Waals surface area contributed by atoms with E-state index in [0.717, 1.165) is 30.0 Å². The summed E-state index contributed by atoms with van der Waals surface area (Å²) >= 11 is 7.91. The SMILES string of the molecule is CCCNCc1ccc(Cl)c(S(=O)(=O)N2CCSCC2)c1. The van der Waals surface area contributed by atoms with Gasteiger partial charge in [0.25, 0.3) is 0 Å². The van der Waals surface area contributed by atoms with Crippen molar-refractivity contribution in [3.05, 3.63) is 28.8 Å². The number of rotatable bonds is 6. The minimum atomic E-state index is -3.49. The van der Waals surface area contributed by atoms with Crippen molar-refractivity contribution in [2.75, 3.05) is 31.1 Å². The molecule has 1 saturated heterocycles. The zero-order chi connectivity index (χ0) is 15.3. The molecule has 1 aliphatic heterocycles. The lowest BCUT2D eigenvalue weighted by molar-refractivity contribution is 0.443. The molecule has 0 saturated carbocycles. The minimum Gasteiger partial charge on any atom is -0.313 e. The van der Waals surface area contributed by atoms with E-state index >= 15 is 0 Å². The number of halogens is 1. The summed E-state index contributed by atoms with van der Waals surface area (Å²) in [5.74, 6) is 1.68. The number of sulfonamides is 1. The topological polar surface area (TPSA) is 49.4 Å². The predicted octanol–water partition coefficient (Wildman–Crippen LogP) is 2.58. The Morgan fingerprint density at radius 1 is 1.33 bits per heavy atom. The Bertz CT molecular complexity index is 572. The molecule has 118 valence electrons. The smallest absolute Gasteiger partial charge is 0.244 e. The molecule has 1 heterocycles. The van der Waals surface area contributed by atoms with Gasteiger partial charge in [0.15, 0.2) is 0 Å². The van der Waals surface area contributed by atoms with Crippen LogP contribution in [0.1, 0.15) is 18.9 Å². The van der Waals surface area contributed by atoms with Gasteiger partial charge in [0.2, 0.25) is 10.0 Å². The normalized spacial score (nSPS) is 17.0. The molecule has 0 aromatic heterocycles. The fourth-order valence-electron chi connectivity index (χ4n) is 2.19. The van der Waals surface area contributed by atoms with Crippen molar-refractivity contribution in [2.24, 2.45) is 0 Å². The minimum absolute atomic E-state index is 0.229. The van der Waals surface area contributed by atoms with Gasteiger partial charge in [-0.3, -0.25) is 0 Å². The van der Waals surface area contributed by atoms with Crippen molar-refractivity contribution in [1.82, 2.24) is 9.62 Å². The summed E-state index contributed by atoms with van der Waals surface area (Å²) in [6.07, 6.45) is 1.05. The Morgan fingerprint density at radius 2 is 2.05 bits per heavy atom. The number of nitrogens with zero attached hydrogens (tertiary/aromatic N) is 1. The van der Waals surface area contributed by atoms with E-state index in [1.54, 1.807) is 23.9 Å². The largest absolute Gasteiger partial charge is 0.313 e. The Balaban J connectivity index is 2.22. The van der Waals surface area contributed by atoms with Crippen molar-refractivity contribution < 1.29 is 8.42 Å². The standard InChI is InChI=1S/C14H21ClN2O2S2/c1-2-5-16-11-12-3-4-13(15)14(10-12)21(18,19)17-6-8-20-9-7-17/h3-4,10,16H,2,5-9,11H2,1H3. The molecular weight excluding hydrogens is 328 g/mol. The Labute approximate surface area is 136 Å². The lowest BCUT2D eigenvalue weighted by Crippen LogP contribution is -2.38. The van der Waals surface area contributed by atoms with Gasteiger partial charge in [-0.05, 0) is 30.7 Å². The van der Waals surface area contributed by atoms with Crippen LogP contribution in [0.5, 0.6) is 0 Å². The predicted molar refractivity (Wildman–Crippen MR) is 89.5 cm³/mol. The molecule has 21 heavy (non-hydrogen) atoms. The molecule has 0 atom stereocenters. The lowest BCUT2D eigenvalue weighted by atomic mass is 10.2. The third-order valence-electron chi connectivity index (χ3n) is 3.34. The first-order valence-corrected chi connectivity index (χ1v) is 10.1. The third-order valence-corrected chi connectivity index (χ3v) is 6.66. The second-order valence-electron chi connectivity index (χ2n) is 4.96. The molecule has 2 rings (SSSR count). The van der Waals surface area contributed by atoms with Crippen molar-refractivity contribution >= 4 is 33.4 Å². The number of thioether (sulfide) groups is 1. The van der Waals surface area contributed by atoms with Crippen LogP contribution in [-0.2, 0) is 16.6 Å². The quantitative estimate of drug-likeness (QED) is 0.803. The van der Waals surface area contributed by atoms with E-state index in [2.05, 4.69) is 12.2 Å². The Hall–Kier alpha value is -0.270. The van der Waals surface area contributed by atoms with Gasteiger partial charge < -0.3 is 5.32 Å². The third kappa shape index (κ3) is 4.36. The molecule has 1 N–H and O–H groups in total. The zero-order valence-corrected chi connectivity index (χ0v) is 14.5. The first-order chi connectivity index (χ1) is 10.1. The van der Waals surface area contributed by atoms with E-state index in [4.69, 9.17) is 11.6 Å². The number of benzene rings is 1. The van der Waals surface area contributed by atoms with Gasteiger partial charge in [-0.15, -0.1) is 0 Å². The highest BCUT2D eigenvalue weighted by molar-refractivity contribution is 7.99. The highest BCUT2D eigenvalue weighted by atomic mass is 35.5. The average molecular weight is 349 g/mol. The molecule has 1 aliphatic rings. The summed E-state index contributed by atoms with van der Waals surface area (Å²) in [7, 11) is -3.49. The van der Waals surface area contributed by atoms with Crippen molar-refractivity contribution in [2.45, 2.75) is 24.8 Å². The van der Waals surface area contributed by atoms with Gasteiger partial charge in [-0.2, -0.15) is 16.1 Å². The van der Waals surface area contributed by atoms with Crippen LogP contribution in [-0.4, -0.2) is 43.9 Å². The van der Waals surface area contributed by atoms with Gasteiger partial charge in [0.1, 0.15) is 4.90 Å². The van der Waals surface area contributed by atoms with Crippen LogP contribution in [0.3, 0.4) is 0 Å². The monoisotopic (exact) mass is 348 g/mol. The van der Waals surface area contributed by atoms with Crippen LogP contribution >= 0.6 is 23.4 Å². The van der Waals surface area contributed by atoms with Crippen molar-refractivity contribution in [1.29, 1.82) is 0 Å². The number of hydrogen-bond acceptors (Lipinski definition) is 4. The maximum atomic E-state index is 12.7. The van der Waals surface area contributed by atoms with Crippen LogP contribution in [0.4, 0.5) is 0 Å². The first kappa shape index (κ1) is 17.1. The molecule has 0 radical (unpaired) electrons. The molecule has 1 fully saturated rings. The molecule has 4 nitrogen and oxygen atoms in total. The van der Waals surface area contributed by atoms with E-state index < -0.39 is 10.0 Å². The second-order valence-corrected chi connectivity index (χ2v) is 8.50. The molecule has 1 aromatic rings. The Morgan fingerprint density at radius 3 is 2.71 bits per heavy atom. The van der Waals surface area contributed by atoms with E-state index in [1.807, 2.05) is 6.07 Å². The summed E-state index contributed by atoms with van der Waals surface area (Å²) in [6, 6.07) is 5.24. The van der Waals surface area contributed by atoms with Crippen LogP contribution in [0.25, 0.3) is 0 Å². The van der Waals surface area contributed by atoms with Gasteiger partial charge in [0.05, 0.1) is 5.02 Å². The van der Waals surface area contributed by atoms with E-state index in [-0.39, 0.29) is 4.90 Å². The van der Waals surface area contributed by atoms with E-state index in [1.165, 1.54) is 4.31 Å². The average Bonchev–Trinajstić information content (AvgIpc) is 2.50. The molecular formula is C14H21ClN2O2S2. The molecule has 0 spiro atoms. The summed E-state index contributed by atoms with van der Waals surface area (Å²) < 4.78 is 26.9. The van der Waals surface area contributed by atoms with Crippen molar-refractivity contribution in [3.8, 4) is 0 Å². The van der Waals surface area contributed by atoms with Gasteiger partial charge in [-0.1, -0.05) is 24.6 Å². The number of hydrogen-bond donors (Lipinski definition) is 1. The molecule has 0 amide bonds. The van der Waals surface area contributed by atoms with Crippen LogP contribution < -0.4 is 5.32 Å². The van der Waals surface area contributed by atoms with Gasteiger partial charge >= 0.3 is 0 Å². The van der Waals surface area contributed by atoms with Gasteiger partial charge in [0, 0.05) is 31.1 Å². The van der Waals surface area contributed by atoms with E-state index in [9.17, 15) is 8.42 Å². The van der Waals surface area contributed by atoms with Gasteiger partial charge in [-0.25, -0.2) is 8.42 Å². The molecule has 0 aliphatic carbocycles. The highest BCUT2D eigenvalue weighted by Crippen LogP contribution is 2.27. The summed E-state index contributed by atoms with van der Waals surface area (Å²) in [5, 5.41) is 3.57.